The van der Waals surface area contributed by atoms with Gasteiger partial charge in [0, 0.05) is 12.1 Å². The third-order valence-electron chi connectivity index (χ3n) is 4.38. The maximum Gasteiger partial charge on any atom is 0.269 e. The van der Waals surface area contributed by atoms with Gasteiger partial charge in [0.15, 0.2) is 0 Å². The Kier molecular flexibility index (Phi) is 7.94. The molecule has 0 radical (unpaired) electrons. The van der Waals surface area contributed by atoms with E-state index in [1.54, 1.807) is 12.1 Å². The Morgan fingerprint density at radius 2 is 1.88 bits per heavy atom. The van der Waals surface area contributed by atoms with E-state index in [4.69, 9.17) is 4.74 Å². The van der Waals surface area contributed by atoms with Gasteiger partial charge in [-0.25, -0.2) is 13.1 Å². The van der Waals surface area contributed by atoms with Crippen molar-refractivity contribution in [3.63, 3.8) is 0 Å². The average molecular weight is 475 g/mol. The molecule has 0 atom stereocenters. The van der Waals surface area contributed by atoms with E-state index in [-0.39, 0.29) is 28.0 Å². The van der Waals surface area contributed by atoms with Crippen molar-refractivity contribution in [1.29, 1.82) is 0 Å². The van der Waals surface area contributed by atoms with Crippen LogP contribution in [-0.2, 0) is 16.4 Å². The highest BCUT2D eigenvalue weighted by Gasteiger charge is 2.20. The predicted octanol–water partition coefficient (Wildman–Crippen LogP) is 3.80. The first kappa shape index (κ1) is 23.8. The van der Waals surface area contributed by atoms with Crippen LogP contribution in [0.3, 0.4) is 0 Å². The SMILES string of the molecule is Cc1ccc(C(=O)Nc2nnc(S(=O)(=O)NCCCc3cccc(OC(C)C)c3)s2)cc1. The summed E-state index contributed by atoms with van der Waals surface area (Å²) in [7, 11) is -3.81. The molecule has 3 rings (SSSR count). The molecule has 3 aromatic rings. The second kappa shape index (κ2) is 10.7. The maximum atomic E-state index is 12.5. The van der Waals surface area contributed by atoms with E-state index in [2.05, 4.69) is 20.2 Å². The Morgan fingerprint density at radius 1 is 1.12 bits per heavy atom. The van der Waals surface area contributed by atoms with Crippen LogP contribution in [0.15, 0.2) is 52.9 Å². The molecule has 0 spiro atoms. The third-order valence-corrected chi connectivity index (χ3v) is 7.04. The molecular weight excluding hydrogens is 448 g/mol. The van der Waals surface area contributed by atoms with E-state index < -0.39 is 10.0 Å². The summed E-state index contributed by atoms with van der Waals surface area (Å²) in [5.41, 5.74) is 2.56. The second-order valence-electron chi connectivity index (χ2n) is 7.51. The third kappa shape index (κ3) is 6.84. The fourth-order valence-corrected chi connectivity index (χ4v) is 4.86. The number of hydrogen-bond donors (Lipinski definition) is 2. The minimum atomic E-state index is -3.81. The Morgan fingerprint density at radius 3 is 2.59 bits per heavy atom. The summed E-state index contributed by atoms with van der Waals surface area (Å²) in [6.45, 7) is 6.11. The molecule has 8 nitrogen and oxygen atoms in total. The number of anilines is 1. The summed E-state index contributed by atoms with van der Waals surface area (Å²) in [5, 5.41) is 10.2. The fraction of sp³-hybridized carbons (Fsp3) is 0.318. The Balaban J connectivity index is 1.51. The normalized spacial score (nSPS) is 11.5. The molecule has 0 saturated carbocycles. The molecule has 0 bridgehead atoms. The molecule has 0 saturated heterocycles. The zero-order valence-corrected chi connectivity index (χ0v) is 19.8. The molecule has 10 heteroatoms. The van der Waals surface area contributed by atoms with Crippen LogP contribution in [0.4, 0.5) is 5.13 Å². The standard InChI is InChI=1S/C22H26N4O4S2/c1-15(2)30-19-8-4-6-17(14-19)7-5-13-23-32(28,29)22-26-25-21(31-22)24-20(27)18-11-9-16(3)10-12-18/h4,6,8-12,14-15,23H,5,7,13H2,1-3H3,(H,24,25,27). The monoisotopic (exact) mass is 474 g/mol. The van der Waals surface area contributed by atoms with Gasteiger partial charge in [-0.3, -0.25) is 10.1 Å². The highest BCUT2D eigenvalue weighted by Crippen LogP contribution is 2.21. The summed E-state index contributed by atoms with van der Waals surface area (Å²) < 4.78 is 33.0. The Bertz CT molecular complexity index is 1160. The van der Waals surface area contributed by atoms with Crippen molar-refractivity contribution in [2.24, 2.45) is 0 Å². The maximum absolute atomic E-state index is 12.5. The van der Waals surface area contributed by atoms with Crippen LogP contribution >= 0.6 is 11.3 Å². The number of amides is 1. The van der Waals surface area contributed by atoms with E-state index in [9.17, 15) is 13.2 Å². The topological polar surface area (TPSA) is 110 Å². The lowest BCUT2D eigenvalue weighted by molar-refractivity contribution is 0.102. The molecule has 0 unspecified atom stereocenters. The Labute approximate surface area is 192 Å². The summed E-state index contributed by atoms with van der Waals surface area (Å²) in [6.07, 6.45) is 1.40. The molecule has 1 heterocycles. The van der Waals surface area contributed by atoms with Crippen molar-refractivity contribution >= 4 is 32.4 Å². The minimum absolute atomic E-state index is 0.0931. The molecule has 0 aliphatic rings. The lowest BCUT2D eigenvalue weighted by Gasteiger charge is -2.11. The van der Waals surface area contributed by atoms with Crippen molar-refractivity contribution in [2.45, 2.75) is 44.1 Å². The van der Waals surface area contributed by atoms with E-state index in [0.717, 1.165) is 28.2 Å². The number of aromatic nitrogens is 2. The molecule has 32 heavy (non-hydrogen) atoms. The first-order chi connectivity index (χ1) is 15.2. The van der Waals surface area contributed by atoms with Crippen molar-refractivity contribution in [2.75, 3.05) is 11.9 Å². The molecule has 1 amide bonds. The number of rotatable bonds is 10. The second-order valence-corrected chi connectivity index (χ2v) is 10.4. The first-order valence-electron chi connectivity index (χ1n) is 10.2. The van der Waals surface area contributed by atoms with Crippen LogP contribution in [0.5, 0.6) is 5.75 Å². The number of hydrogen-bond acceptors (Lipinski definition) is 7. The number of nitrogens with zero attached hydrogens (tertiary/aromatic N) is 2. The van der Waals surface area contributed by atoms with Crippen LogP contribution in [0.1, 0.15) is 41.8 Å². The van der Waals surface area contributed by atoms with Crippen LogP contribution in [0.2, 0.25) is 0 Å². The molecule has 0 fully saturated rings. The van der Waals surface area contributed by atoms with Crippen LogP contribution < -0.4 is 14.8 Å². The van der Waals surface area contributed by atoms with E-state index >= 15 is 0 Å². The van der Waals surface area contributed by atoms with Gasteiger partial charge in [0.1, 0.15) is 5.75 Å². The Hall–Kier alpha value is -2.82. The summed E-state index contributed by atoms with van der Waals surface area (Å²) in [4.78, 5) is 12.3. The minimum Gasteiger partial charge on any atom is -0.491 e. The van der Waals surface area contributed by atoms with E-state index in [1.807, 2.05) is 57.2 Å². The van der Waals surface area contributed by atoms with Gasteiger partial charge in [0.05, 0.1) is 6.10 Å². The fourth-order valence-electron chi connectivity index (χ4n) is 2.85. The van der Waals surface area contributed by atoms with E-state index in [0.29, 0.717) is 18.4 Å². The van der Waals surface area contributed by atoms with Gasteiger partial charge >= 0.3 is 0 Å². The zero-order valence-electron chi connectivity index (χ0n) is 18.2. The number of carbonyl (C=O) groups is 1. The number of aryl methyl sites for hydroxylation is 2. The highest BCUT2D eigenvalue weighted by atomic mass is 32.2. The molecule has 170 valence electrons. The molecule has 2 aromatic carbocycles. The van der Waals surface area contributed by atoms with Crippen molar-refractivity contribution in [3.05, 3.63) is 65.2 Å². The van der Waals surface area contributed by atoms with Gasteiger partial charge in [0.25, 0.3) is 15.9 Å². The van der Waals surface area contributed by atoms with Crippen molar-refractivity contribution < 1.29 is 17.9 Å². The van der Waals surface area contributed by atoms with Crippen LogP contribution in [0, 0.1) is 6.92 Å². The van der Waals surface area contributed by atoms with Gasteiger partial charge in [-0.05, 0) is 63.4 Å². The molecule has 1 aromatic heterocycles. The van der Waals surface area contributed by atoms with Crippen LogP contribution in [-0.4, -0.2) is 37.2 Å². The molecule has 0 aliphatic carbocycles. The smallest absolute Gasteiger partial charge is 0.269 e. The summed E-state index contributed by atoms with van der Waals surface area (Å²) >= 11 is 0.807. The number of ether oxygens (including phenoxy) is 1. The van der Waals surface area contributed by atoms with Crippen LogP contribution in [0.25, 0.3) is 0 Å². The number of carbonyl (C=O) groups excluding carboxylic acids is 1. The summed E-state index contributed by atoms with van der Waals surface area (Å²) in [5.74, 6) is 0.425. The predicted molar refractivity (Wildman–Crippen MR) is 125 cm³/mol. The van der Waals surface area contributed by atoms with Gasteiger partial charge in [0.2, 0.25) is 9.47 Å². The first-order valence-corrected chi connectivity index (χ1v) is 12.5. The quantitative estimate of drug-likeness (QED) is 0.342. The van der Waals surface area contributed by atoms with Gasteiger partial charge < -0.3 is 4.74 Å². The number of benzene rings is 2. The van der Waals surface area contributed by atoms with Crippen molar-refractivity contribution in [1.82, 2.24) is 14.9 Å². The van der Waals surface area contributed by atoms with E-state index in [1.165, 1.54) is 0 Å². The van der Waals surface area contributed by atoms with Gasteiger partial charge in [-0.1, -0.05) is 41.2 Å². The zero-order chi connectivity index (χ0) is 23.1. The molecular formula is C22H26N4O4S2. The van der Waals surface area contributed by atoms with Gasteiger partial charge in [-0.2, -0.15) is 0 Å². The number of sulfonamides is 1. The molecule has 2 N–H and O–H groups in total. The lowest BCUT2D eigenvalue weighted by atomic mass is 10.1. The highest BCUT2D eigenvalue weighted by molar-refractivity contribution is 7.91. The lowest BCUT2D eigenvalue weighted by Crippen LogP contribution is -2.25. The average Bonchev–Trinajstić information content (AvgIpc) is 3.21. The number of nitrogens with one attached hydrogen (secondary N) is 2. The van der Waals surface area contributed by atoms with Gasteiger partial charge in [-0.15, -0.1) is 10.2 Å². The van der Waals surface area contributed by atoms with Crippen molar-refractivity contribution in [3.8, 4) is 5.75 Å². The largest absolute Gasteiger partial charge is 0.491 e. The molecule has 0 aliphatic heterocycles. The summed E-state index contributed by atoms with van der Waals surface area (Å²) in [6, 6.07) is 14.8.